The van der Waals surface area contributed by atoms with Gasteiger partial charge in [0, 0.05) is 5.56 Å². The lowest BCUT2D eigenvalue weighted by Crippen LogP contribution is -2.26. The van der Waals surface area contributed by atoms with Crippen LogP contribution in [0.4, 0.5) is 11.4 Å². The number of nitrogens with zero attached hydrogens (tertiary/aromatic N) is 1. The smallest absolute Gasteiger partial charge is 0.264 e. The van der Waals surface area contributed by atoms with Gasteiger partial charge < -0.3 is 14.8 Å². The Labute approximate surface area is 122 Å². The molecule has 1 atom stereocenters. The van der Waals surface area contributed by atoms with Crippen LogP contribution >= 0.6 is 0 Å². The molecule has 2 aliphatic rings. The quantitative estimate of drug-likeness (QED) is 0.920. The Morgan fingerprint density at radius 3 is 2.67 bits per heavy atom. The van der Waals surface area contributed by atoms with Crippen molar-refractivity contribution < 1.29 is 14.3 Å². The number of methoxy groups -OCH3 is 2. The molecule has 5 nitrogen and oxygen atoms in total. The summed E-state index contributed by atoms with van der Waals surface area (Å²) in [5, 5.41) is 3.38. The number of ether oxygens (including phenoxy) is 2. The summed E-state index contributed by atoms with van der Waals surface area (Å²) in [7, 11) is 3.12. The van der Waals surface area contributed by atoms with E-state index < -0.39 is 0 Å². The first-order valence-corrected chi connectivity index (χ1v) is 6.70. The molecule has 1 unspecified atom stereocenters. The first-order valence-electron chi connectivity index (χ1n) is 6.70. The number of nitrogens with one attached hydrogen (secondary N) is 1. The van der Waals surface area contributed by atoms with Gasteiger partial charge in [-0.3, -0.25) is 9.69 Å². The molecular formula is C16H14N2O3. The second-order valence-electron chi connectivity index (χ2n) is 5.00. The zero-order valence-corrected chi connectivity index (χ0v) is 11.7. The first kappa shape index (κ1) is 12.1. The Balaban J connectivity index is 1.91. The maximum absolute atomic E-state index is 12.8. The number of carbonyl (C=O) groups excluding carboxylic acids is 1. The fourth-order valence-electron chi connectivity index (χ4n) is 3.11. The summed E-state index contributed by atoms with van der Waals surface area (Å²) in [5.74, 6) is 0.996. The van der Waals surface area contributed by atoms with Gasteiger partial charge in [-0.05, 0) is 18.2 Å². The average Bonchev–Trinajstić information content (AvgIpc) is 3.03. The number of fused-ring (bicyclic) bond motifs is 5. The van der Waals surface area contributed by atoms with Gasteiger partial charge >= 0.3 is 0 Å². The summed E-state index contributed by atoms with van der Waals surface area (Å²) in [4.78, 5) is 14.6. The van der Waals surface area contributed by atoms with E-state index in [1.807, 2.05) is 36.4 Å². The van der Waals surface area contributed by atoms with Crippen LogP contribution in [-0.4, -0.2) is 20.1 Å². The molecule has 0 aromatic heterocycles. The third-order valence-electron chi connectivity index (χ3n) is 4.02. The topological polar surface area (TPSA) is 50.8 Å². The van der Waals surface area contributed by atoms with Crippen LogP contribution in [-0.2, 0) is 0 Å². The molecule has 4 rings (SSSR count). The molecule has 0 fully saturated rings. The minimum atomic E-state index is -0.176. The fourth-order valence-corrected chi connectivity index (χ4v) is 3.11. The Morgan fingerprint density at radius 1 is 1.10 bits per heavy atom. The number of carbonyl (C=O) groups is 1. The van der Waals surface area contributed by atoms with Gasteiger partial charge in [0.2, 0.25) is 0 Å². The predicted octanol–water partition coefficient (Wildman–Crippen LogP) is 2.79. The maximum atomic E-state index is 12.8. The fraction of sp³-hybridized carbons (Fsp3) is 0.188. The van der Waals surface area contributed by atoms with Crippen LogP contribution in [0.15, 0.2) is 36.4 Å². The van der Waals surface area contributed by atoms with E-state index in [0.29, 0.717) is 17.1 Å². The van der Waals surface area contributed by atoms with Crippen LogP contribution in [0.2, 0.25) is 0 Å². The van der Waals surface area contributed by atoms with Gasteiger partial charge in [-0.1, -0.05) is 18.2 Å². The van der Waals surface area contributed by atoms with Gasteiger partial charge in [-0.2, -0.15) is 0 Å². The Bertz CT molecular complexity index is 757. The van der Waals surface area contributed by atoms with Crippen LogP contribution in [0.5, 0.6) is 11.5 Å². The van der Waals surface area contributed by atoms with Crippen LogP contribution in [0, 0.1) is 0 Å². The third-order valence-corrected chi connectivity index (χ3v) is 4.02. The molecule has 2 aliphatic heterocycles. The molecule has 0 saturated carbocycles. The van der Waals surface area contributed by atoms with Crippen molar-refractivity contribution in [1.82, 2.24) is 0 Å². The standard InChI is InChI=1S/C16H14N2O3/c1-20-12-8-7-9-13(14(12)21-2)16(19)18-11-6-4-3-5-10(11)17-15(9)18/h3-8,15,17H,1-2H3. The largest absolute Gasteiger partial charge is 0.493 e. The number of hydrogen-bond donors (Lipinski definition) is 1. The molecule has 1 amide bonds. The summed E-state index contributed by atoms with van der Waals surface area (Å²) in [6, 6.07) is 11.5. The lowest BCUT2D eigenvalue weighted by atomic mass is 10.1. The van der Waals surface area contributed by atoms with E-state index in [1.54, 1.807) is 19.1 Å². The van der Waals surface area contributed by atoms with Crippen molar-refractivity contribution in [2.75, 3.05) is 24.4 Å². The zero-order valence-electron chi connectivity index (χ0n) is 11.7. The van der Waals surface area contributed by atoms with E-state index in [-0.39, 0.29) is 12.1 Å². The Hall–Kier alpha value is -2.69. The van der Waals surface area contributed by atoms with Gasteiger partial charge in [-0.15, -0.1) is 0 Å². The molecule has 5 heteroatoms. The van der Waals surface area contributed by atoms with Crippen molar-refractivity contribution in [2.24, 2.45) is 0 Å². The highest BCUT2D eigenvalue weighted by Crippen LogP contribution is 2.50. The summed E-state index contributed by atoms with van der Waals surface area (Å²) in [5.41, 5.74) is 3.35. The SMILES string of the molecule is COc1ccc2c(c1OC)C(=O)N1c3ccccc3NC21. The van der Waals surface area contributed by atoms with Crippen LogP contribution in [0.3, 0.4) is 0 Å². The average molecular weight is 282 g/mol. The number of benzene rings is 2. The summed E-state index contributed by atoms with van der Waals surface area (Å²) >= 11 is 0. The van der Waals surface area contributed by atoms with Crippen molar-refractivity contribution in [2.45, 2.75) is 6.17 Å². The minimum Gasteiger partial charge on any atom is -0.493 e. The molecule has 21 heavy (non-hydrogen) atoms. The number of anilines is 2. The van der Waals surface area contributed by atoms with Crippen molar-refractivity contribution in [3.05, 3.63) is 47.5 Å². The molecular weight excluding hydrogens is 268 g/mol. The minimum absolute atomic E-state index is 0.0665. The summed E-state index contributed by atoms with van der Waals surface area (Å²) < 4.78 is 10.7. The predicted molar refractivity (Wildman–Crippen MR) is 79.2 cm³/mol. The van der Waals surface area contributed by atoms with Crippen molar-refractivity contribution >= 4 is 17.3 Å². The normalized spacial score (nSPS) is 17.9. The lowest BCUT2D eigenvalue weighted by molar-refractivity contribution is 0.0991. The van der Waals surface area contributed by atoms with Gasteiger partial charge in [-0.25, -0.2) is 0 Å². The second-order valence-corrected chi connectivity index (χ2v) is 5.00. The maximum Gasteiger partial charge on any atom is 0.264 e. The van der Waals surface area contributed by atoms with E-state index in [4.69, 9.17) is 9.47 Å². The Kier molecular flexibility index (Phi) is 2.39. The molecule has 2 aromatic carbocycles. The van der Waals surface area contributed by atoms with Crippen molar-refractivity contribution in [1.29, 1.82) is 0 Å². The molecule has 106 valence electrons. The summed E-state index contributed by atoms with van der Waals surface area (Å²) in [6.07, 6.45) is -0.176. The van der Waals surface area contributed by atoms with E-state index in [9.17, 15) is 4.79 Å². The highest BCUT2D eigenvalue weighted by molar-refractivity contribution is 6.16. The van der Waals surface area contributed by atoms with Gasteiger partial charge in [0.1, 0.15) is 6.17 Å². The van der Waals surface area contributed by atoms with Crippen LogP contribution < -0.4 is 19.7 Å². The molecule has 1 N–H and O–H groups in total. The number of amides is 1. The van der Waals surface area contributed by atoms with Crippen LogP contribution in [0.25, 0.3) is 0 Å². The van der Waals surface area contributed by atoms with Crippen LogP contribution in [0.1, 0.15) is 22.1 Å². The van der Waals surface area contributed by atoms with E-state index in [1.165, 1.54) is 0 Å². The molecule has 0 saturated heterocycles. The monoisotopic (exact) mass is 282 g/mol. The van der Waals surface area contributed by atoms with Crippen molar-refractivity contribution in [3.63, 3.8) is 0 Å². The third kappa shape index (κ3) is 1.43. The van der Waals surface area contributed by atoms with E-state index in [0.717, 1.165) is 16.9 Å². The van der Waals surface area contributed by atoms with Crippen molar-refractivity contribution in [3.8, 4) is 11.5 Å². The highest BCUT2D eigenvalue weighted by atomic mass is 16.5. The zero-order chi connectivity index (χ0) is 14.6. The van der Waals surface area contributed by atoms with Gasteiger partial charge in [0.25, 0.3) is 5.91 Å². The first-order chi connectivity index (χ1) is 10.3. The summed E-state index contributed by atoms with van der Waals surface area (Å²) in [6.45, 7) is 0. The van der Waals surface area contributed by atoms with Gasteiger partial charge in [0.05, 0.1) is 31.2 Å². The Morgan fingerprint density at radius 2 is 1.90 bits per heavy atom. The number of rotatable bonds is 2. The molecule has 0 aliphatic carbocycles. The highest BCUT2D eigenvalue weighted by Gasteiger charge is 2.45. The number of hydrogen-bond acceptors (Lipinski definition) is 4. The molecule has 0 radical (unpaired) electrons. The molecule has 2 aromatic rings. The number of para-hydroxylation sites is 2. The lowest BCUT2D eigenvalue weighted by Gasteiger charge is -2.15. The van der Waals surface area contributed by atoms with Gasteiger partial charge in [0.15, 0.2) is 11.5 Å². The second kappa shape index (κ2) is 4.15. The molecule has 2 heterocycles. The van der Waals surface area contributed by atoms with E-state index in [2.05, 4.69) is 5.32 Å². The molecule has 0 bridgehead atoms. The molecule has 0 spiro atoms. The van der Waals surface area contributed by atoms with E-state index >= 15 is 0 Å².